The number of rotatable bonds is 0. The second kappa shape index (κ2) is 29.1. The van der Waals surface area contributed by atoms with Gasteiger partial charge in [-0.15, -0.1) is 0 Å². The van der Waals surface area contributed by atoms with Gasteiger partial charge < -0.3 is 17.1 Å². The van der Waals surface area contributed by atoms with Gasteiger partial charge in [-0.2, -0.15) is 0 Å². The summed E-state index contributed by atoms with van der Waals surface area (Å²) < 4.78 is 0. The van der Waals surface area contributed by atoms with Crippen LogP contribution in [-0.4, -0.2) is 0 Å². The number of hydrogen-bond donors (Lipinski definition) is 0. The van der Waals surface area contributed by atoms with Gasteiger partial charge >= 0.3 is 33.6 Å². The third kappa shape index (κ3) is 10.6. The van der Waals surface area contributed by atoms with E-state index in [-0.39, 0.29) is 50.7 Å². The van der Waals surface area contributed by atoms with Gasteiger partial charge in [0.15, 0.2) is 0 Å². The molecule has 0 saturated carbocycles. The van der Waals surface area contributed by atoms with Crippen LogP contribution in [0.4, 0.5) is 0 Å². The first-order valence-corrected chi connectivity index (χ1v) is 0. The summed E-state index contributed by atoms with van der Waals surface area (Å²) in [6.45, 7) is 0. The molecule has 0 rings (SSSR count). The van der Waals surface area contributed by atoms with Gasteiger partial charge in [-0.05, 0) is 0 Å². The Morgan fingerprint density at radius 3 is 0.750 bits per heavy atom. The van der Waals surface area contributed by atoms with Gasteiger partial charge in [-0.3, -0.25) is 0 Å². The Morgan fingerprint density at radius 1 is 0.750 bits per heavy atom. The SMILES string of the molecule is [Cl-].[Co+2].[Co+2].[F-]. The summed E-state index contributed by atoms with van der Waals surface area (Å²) in [6, 6.07) is 0. The Bertz CT molecular complexity index is 6.00. The molecule has 0 fully saturated rings. The Hall–Kier alpha value is 1.23. The summed E-state index contributed by atoms with van der Waals surface area (Å²) >= 11 is 0. The van der Waals surface area contributed by atoms with E-state index in [1.165, 1.54) is 0 Å². The fourth-order valence-corrected chi connectivity index (χ4v) is 0. The second-order valence-electron chi connectivity index (χ2n) is 0. The van der Waals surface area contributed by atoms with Crippen molar-refractivity contribution >= 4 is 0 Å². The molecule has 0 aliphatic heterocycles. The molecule has 0 spiro atoms. The largest absolute Gasteiger partial charge is 2.00 e. The van der Waals surface area contributed by atoms with Crippen LogP contribution < -0.4 is 17.1 Å². The maximum atomic E-state index is 0. The van der Waals surface area contributed by atoms with Crippen molar-refractivity contribution in [2.75, 3.05) is 0 Å². The fraction of sp³-hybridized carbons (Fsp3) is 0. The third-order valence-electron chi connectivity index (χ3n) is 0. The van der Waals surface area contributed by atoms with Crippen LogP contribution in [-0.2, 0) is 33.6 Å². The quantitative estimate of drug-likeness (QED) is 0.341. The average molecular weight is 172 g/mol. The first kappa shape index (κ1) is 61.7. The normalized spacial score (nSPS) is 0. The predicted molar refractivity (Wildman–Crippen MR) is 0 cm³/mol. The molecule has 0 aromatic rings. The minimum atomic E-state index is 0. The van der Waals surface area contributed by atoms with Crippen molar-refractivity contribution in [3.63, 3.8) is 0 Å². The van der Waals surface area contributed by atoms with Crippen LogP contribution in [0.3, 0.4) is 0 Å². The summed E-state index contributed by atoms with van der Waals surface area (Å²) in [5.41, 5.74) is 0. The molecule has 0 saturated heterocycles. The summed E-state index contributed by atoms with van der Waals surface area (Å²) in [4.78, 5) is 0. The van der Waals surface area contributed by atoms with Crippen molar-refractivity contribution in [3.05, 3.63) is 0 Å². The Kier molecular flexibility index (Phi) is 449. The third-order valence-corrected chi connectivity index (χ3v) is 0. The van der Waals surface area contributed by atoms with E-state index in [1.54, 1.807) is 0 Å². The molecule has 0 N–H and O–H groups in total. The molecule has 0 nitrogen and oxygen atoms in total. The minimum Gasteiger partial charge on any atom is -1.00 e. The summed E-state index contributed by atoms with van der Waals surface area (Å²) in [5.74, 6) is 0. The molecule has 4 heteroatoms. The molecule has 2 radical (unpaired) electrons. The second-order valence-corrected chi connectivity index (χ2v) is 0. The van der Waals surface area contributed by atoms with E-state index >= 15 is 0 Å². The Morgan fingerprint density at radius 2 is 0.750 bits per heavy atom. The molecule has 0 amide bonds. The van der Waals surface area contributed by atoms with Gasteiger partial charge in [0.05, 0.1) is 0 Å². The standard InChI is InChI=1S/ClH.2Co.FH/h1H;;;1H/q;2*+2;/p-2. The molecule has 0 aromatic heterocycles. The first-order chi connectivity index (χ1) is 0. The smallest absolute Gasteiger partial charge is 1.00 e. The average Bonchev–Trinajstić information content (AvgIpc) is 0. The topological polar surface area (TPSA) is 0 Å². The van der Waals surface area contributed by atoms with Crippen LogP contribution in [0, 0.1) is 0 Å². The molecule has 0 atom stereocenters. The summed E-state index contributed by atoms with van der Waals surface area (Å²) in [6.07, 6.45) is 0. The maximum Gasteiger partial charge on any atom is 2.00 e. The molecular formula is ClCo2F+2. The molecule has 0 heterocycles. The van der Waals surface area contributed by atoms with Crippen LogP contribution in [0.2, 0.25) is 0 Å². The molecule has 4 heavy (non-hydrogen) atoms. The van der Waals surface area contributed by atoms with E-state index in [0.717, 1.165) is 0 Å². The minimum absolute atomic E-state index is 0. The first-order valence-electron chi connectivity index (χ1n) is 0. The van der Waals surface area contributed by atoms with Gasteiger partial charge in [0, 0.05) is 0 Å². The van der Waals surface area contributed by atoms with Crippen molar-refractivity contribution in [1.82, 2.24) is 0 Å². The van der Waals surface area contributed by atoms with Crippen molar-refractivity contribution in [2.45, 2.75) is 0 Å². The van der Waals surface area contributed by atoms with Gasteiger partial charge in [-0.1, -0.05) is 0 Å². The van der Waals surface area contributed by atoms with E-state index in [2.05, 4.69) is 0 Å². The zero-order valence-corrected chi connectivity index (χ0v) is 4.26. The molecule has 0 unspecified atom stereocenters. The number of hydrogen-bond acceptors (Lipinski definition) is 0. The Labute approximate surface area is 50.9 Å². The molecular weight excluding hydrogens is 172 g/mol. The van der Waals surface area contributed by atoms with Crippen LogP contribution in [0.1, 0.15) is 0 Å². The molecule has 0 aliphatic carbocycles. The van der Waals surface area contributed by atoms with Crippen LogP contribution in [0.25, 0.3) is 0 Å². The van der Waals surface area contributed by atoms with E-state index in [9.17, 15) is 0 Å². The van der Waals surface area contributed by atoms with Crippen molar-refractivity contribution in [2.24, 2.45) is 0 Å². The van der Waals surface area contributed by atoms with Gasteiger partial charge in [0.1, 0.15) is 0 Å². The van der Waals surface area contributed by atoms with Gasteiger partial charge in [-0.25, -0.2) is 0 Å². The van der Waals surface area contributed by atoms with Gasteiger partial charge in [0.25, 0.3) is 0 Å². The van der Waals surface area contributed by atoms with E-state index in [1.807, 2.05) is 0 Å². The molecule has 0 bridgehead atoms. The Balaban J connectivity index is 0. The fourth-order valence-electron chi connectivity index (χ4n) is 0. The summed E-state index contributed by atoms with van der Waals surface area (Å²) in [5, 5.41) is 0. The van der Waals surface area contributed by atoms with Crippen LogP contribution in [0.5, 0.6) is 0 Å². The van der Waals surface area contributed by atoms with Crippen molar-refractivity contribution in [1.29, 1.82) is 0 Å². The monoisotopic (exact) mass is 172 g/mol. The zero-order valence-electron chi connectivity index (χ0n) is 1.42. The molecule has 30 valence electrons. The maximum absolute atomic E-state index is 0. The predicted octanol–water partition coefficient (Wildman–Crippen LogP) is -6.00. The van der Waals surface area contributed by atoms with E-state index < -0.39 is 0 Å². The zero-order chi connectivity index (χ0) is 0. The van der Waals surface area contributed by atoms with E-state index in [4.69, 9.17) is 0 Å². The molecule has 0 aliphatic rings. The van der Waals surface area contributed by atoms with Gasteiger partial charge in [0.2, 0.25) is 0 Å². The summed E-state index contributed by atoms with van der Waals surface area (Å²) in [7, 11) is 0. The van der Waals surface area contributed by atoms with Crippen molar-refractivity contribution in [3.8, 4) is 0 Å². The van der Waals surface area contributed by atoms with E-state index in [0.29, 0.717) is 0 Å². The molecule has 0 aromatic carbocycles. The van der Waals surface area contributed by atoms with Crippen LogP contribution >= 0.6 is 0 Å². The van der Waals surface area contributed by atoms with Crippen molar-refractivity contribution < 1.29 is 50.7 Å². The number of halogens is 2. The van der Waals surface area contributed by atoms with Crippen LogP contribution in [0.15, 0.2) is 0 Å².